The van der Waals surface area contributed by atoms with Gasteiger partial charge in [-0.2, -0.15) is 21.1 Å². The van der Waals surface area contributed by atoms with E-state index < -0.39 is 122 Å². The van der Waals surface area contributed by atoms with Gasteiger partial charge in [-0.3, -0.25) is 37.3 Å². The van der Waals surface area contributed by atoms with Crippen molar-refractivity contribution in [1.82, 2.24) is 14.9 Å². The molecule has 9 N–H and O–H groups in total. The molecule has 0 aliphatic carbocycles. The van der Waals surface area contributed by atoms with Crippen molar-refractivity contribution >= 4 is 42.4 Å². The Bertz CT molecular complexity index is 1730. The number of aromatic nitrogens is 2. The molecule has 2 saturated heterocycles. The molecule has 2 aliphatic rings. The maximum Gasteiger partial charge on any atom is 0.483 e. The van der Waals surface area contributed by atoms with E-state index in [-0.39, 0.29) is 0 Å². The Morgan fingerprint density at radius 1 is 0.979 bits per heavy atom. The lowest BCUT2D eigenvalue weighted by Gasteiger charge is -2.43. The summed E-state index contributed by atoms with van der Waals surface area (Å²) in [5, 5.41) is 33.0. The molecule has 0 bridgehead atoms. The standard InChI is InChI=1S/C17H27N3O23P2S2/c1-6(21)18-10-12(24)14(42-47(34,35)36)8(5-38-46(31,32)33)40-16(10)41-45(29,30)43-44(27,28)37-4-7-11(23)13(25)15(39-7)20-3-2-9(22)19-17(20)26/h2-3,7-8,10-16,23-25H,4-5H2,1H3,(H,18,21)(H,27,28)(H,29,30)(H,19,22,26)(H,31,32,33)(H,34,35,36). The van der Waals surface area contributed by atoms with Gasteiger partial charge in [0.1, 0.15) is 42.7 Å². The fourth-order valence-electron chi connectivity index (χ4n) is 4.14. The number of carbonyl (C=O) groups is 1. The minimum Gasteiger partial charge on any atom is -0.388 e. The number of ether oxygens (including phenoxy) is 2. The van der Waals surface area contributed by atoms with Gasteiger partial charge in [-0.05, 0) is 0 Å². The largest absolute Gasteiger partial charge is 0.483 e. The van der Waals surface area contributed by atoms with Gasteiger partial charge in [0.2, 0.25) is 5.91 Å². The van der Waals surface area contributed by atoms with Gasteiger partial charge in [0, 0.05) is 19.2 Å². The van der Waals surface area contributed by atoms with Crippen molar-refractivity contribution in [1.29, 1.82) is 0 Å². The van der Waals surface area contributed by atoms with Gasteiger partial charge in [-0.15, -0.1) is 0 Å². The number of nitrogens with zero attached hydrogens (tertiary/aromatic N) is 1. The van der Waals surface area contributed by atoms with E-state index in [9.17, 15) is 65.5 Å². The van der Waals surface area contributed by atoms with Crippen molar-refractivity contribution < 1.29 is 96.2 Å². The van der Waals surface area contributed by atoms with E-state index in [2.05, 4.69) is 21.7 Å². The fourth-order valence-corrected chi connectivity index (χ4v) is 7.13. The van der Waals surface area contributed by atoms with Gasteiger partial charge in [0.25, 0.3) is 5.56 Å². The lowest BCUT2D eigenvalue weighted by Crippen LogP contribution is -2.65. The van der Waals surface area contributed by atoms with Crippen LogP contribution in [0.1, 0.15) is 13.2 Å². The highest BCUT2D eigenvalue weighted by atomic mass is 32.3. The average molecular weight is 767 g/mol. The number of aromatic amines is 1. The lowest BCUT2D eigenvalue weighted by molar-refractivity contribution is -0.241. The first kappa shape index (κ1) is 39.4. The number of phosphoric acid groups is 2. The Morgan fingerprint density at radius 2 is 1.62 bits per heavy atom. The summed E-state index contributed by atoms with van der Waals surface area (Å²) in [5.41, 5.74) is -1.88. The summed E-state index contributed by atoms with van der Waals surface area (Å²) >= 11 is 0. The van der Waals surface area contributed by atoms with Crippen molar-refractivity contribution in [3.05, 3.63) is 33.1 Å². The number of phosphoric ester groups is 2. The zero-order valence-electron chi connectivity index (χ0n) is 23.1. The molecule has 270 valence electrons. The fraction of sp³-hybridized carbons (Fsp3) is 0.706. The second-order valence-electron chi connectivity index (χ2n) is 9.44. The molecule has 30 heteroatoms. The highest BCUT2D eigenvalue weighted by molar-refractivity contribution is 7.81. The van der Waals surface area contributed by atoms with Gasteiger partial charge < -0.3 is 39.9 Å². The number of hydrogen-bond donors (Lipinski definition) is 9. The molecule has 1 amide bonds. The summed E-state index contributed by atoms with van der Waals surface area (Å²) in [6.45, 7) is -1.78. The first-order valence-corrected chi connectivity index (χ1v) is 18.0. The van der Waals surface area contributed by atoms with Gasteiger partial charge in [0.15, 0.2) is 12.5 Å². The van der Waals surface area contributed by atoms with Crippen LogP contribution < -0.4 is 16.6 Å². The Labute approximate surface area is 261 Å². The predicted molar refractivity (Wildman–Crippen MR) is 141 cm³/mol. The van der Waals surface area contributed by atoms with E-state index in [1.54, 1.807) is 0 Å². The molecular weight excluding hydrogens is 740 g/mol. The summed E-state index contributed by atoms with van der Waals surface area (Å²) in [6, 6.07) is -1.26. The zero-order valence-corrected chi connectivity index (χ0v) is 26.5. The maximum atomic E-state index is 12.7. The molecule has 1 aromatic heterocycles. The van der Waals surface area contributed by atoms with Crippen molar-refractivity contribution in [3.8, 4) is 0 Å². The number of amides is 1. The molecule has 0 saturated carbocycles. The van der Waals surface area contributed by atoms with Crippen LogP contribution in [0.3, 0.4) is 0 Å². The Balaban J connectivity index is 1.75. The molecular formula is C17H27N3O23P2S2. The first-order chi connectivity index (χ1) is 21.4. The summed E-state index contributed by atoms with van der Waals surface area (Å²) in [6.07, 6.45) is -15.8. The minimum absolute atomic E-state index is 0.657. The molecule has 11 unspecified atom stereocenters. The Hall–Kier alpha value is -2.05. The molecule has 3 rings (SSSR count). The molecule has 0 aromatic carbocycles. The van der Waals surface area contributed by atoms with E-state index in [0.717, 1.165) is 19.2 Å². The van der Waals surface area contributed by atoms with Crippen LogP contribution in [0.15, 0.2) is 21.9 Å². The van der Waals surface area contributed by atoms with Gasteiger partial charge in [0.05, 0.1) is 13.2 Å². The number of nitrogens with one attached hydrogen (secondary N) is 2. The van der Waals surface area contributed by atoms with E-state index in [0.29, 0.717) is 4.57 Å². The summed E-state index contributed by atoms with van der Waals surface area (Å²) < 4.78 is 120. The SMILES string of the molecule is CC(=O)NC1C(OP(=O)(O)OP(=O)(O)OCC2OC(n3ccc(=O)[nH]c3=O)C(O)C2O)OC(COS(=O)(=O)O)C(OS(=O)(=O)O)C1O. The molecule has 26 nitrogen and oxygen atoms in total. The predicted octanol–water partition coefficient (Wildman–Crippen LogP) is -5.00. The number of aliphatic hydroxyl groups excluding tert-OH is 3. The van der Waals surface area contributed by atoms with Gasteiger partial charge in [-0.25, -0.2) is 22.3 Å². The van der Waals surface area contributed by atoms with Gasteiger partial charge in [-0.1, -0.05) is 0 Å². The Morgan fingerprint density at radius 3 is 2.17 bits per heavy atom. The van der Waals surface area contributed by atoms with Gasteiger partial charge >= 0.3 is 42.1 Å². The normalized spacial score (nSPS) is 32.7. The molecule has 1 aromatic rings. The highest BCUT2D eigenvalue weighted by Gasteiger charge is 2.52. The van der Waals surface area contributed by atoms with Crippen LogP contribution in [0, 0.1) is 0 Å². The van der Waals surface area contributed by atoms with Crippen molar-refractivity contribution in [2.24, 2.45) is 0 Å². The van der Waals surface area contributed by atoms with Crippen LogP contribution in [0.4, 0.5) is 0 Å². The molecule has 47 heavy (non-hydrogen) atoms. The summed E-state index contributed by atoms with van der Waals surface area (Å²) in [4.78, 5) is 57.0. The maximum absolute atomic E-state index is 12.7. The number of hydrogen-bond acceptors (Lipinski definition) is 19. The van der Waals surface area contributed by atoms with Crippen LogP contribution in [0.2, 0.25) is 0 Å². The second kappa shape index (κ2) is 14.8. The third-order valence-electron chi connectivity index (χ3n) is 5.96. The van der Waals surface area contributed by atoms with E-state index in [1.165, 1.54) is 0 Å². The van der Waals surface area contributed by atoms with E-state index in [4.69, 9.17) is 18.6 Å². The molecule has 0 radical (unpaired) electrons. The third kappa shape index (κ3) is 11.2. The number of rotatable bonds is 14. The van der Waals surface area contributed by atoms with Crippen molar-refractivity contribution in [3.63, 3.8) is 0 Å². The van der Waals surface area contributed by atoms with Crippen LogP contribution in [0.5, 0.6) is 0 Å². The smallest absolute Gasteiger partial charge is 0.388 e. The first-order valence-electron chi connectivity index (χ1n) is 12.3. The van der Waals surface area contributed by atoms with Crippen LogP contribution in [0.25, 0.3) is 0 Å². The average Bonchev–Trinajstić information content (AvgIpc) is 3.17. The molecule has 2 aliphatic heterocycles. The molecule has 11 atom stereocenters. The quantitative estimate of drug-likeness (QED) is 0.0632. The zero-order chi connectivity index (χ0) is 35.7. The summed E-state index contributed by atoms with van der Waals surface area (Å²) in [5.74, 6) is -1.05. The summed E-state index contributed by atoms with van der Waals surface area (Å²) in [7, 11) is -22.5. The second-order valence-corrected chi connectivity index (χ2v) is 14.6. The minimum atomic E-state index is -5.96. The van der Waals surface area contributed by atoms with Crippen molar-refractivity contribution in [2.45, 2.75) is 62.1 Å². The highest BCUT2D eigenvalue weighted by Crippen LogP contribution is 2.61. The third-order valence-corrected chi connectivity index (χ3v) is 9.46. The van der Waals surface area contributed by atoms with Crippen molar-refractivity contribution in [2.75, 3.05) is 13.2 Å². The molecule has 0 spiro atoms. The van der Waals surface area contributed by atoms with Crippen LogP contribution in [-0.4, -0.2) is 129 Å². The van der Waals surface area contributed by atoms with Crippen LogP contribution >= 0.6 is 15.6 Å². The topological polar surface area (TPSA) is 393 Å². The van der Waals surface area contributed by atoms with Crippen LogP contribution in [-0.2, 0) is 65.9 Å². The molecule has 2 fully saturated rings. The monoisotopic (exact) mass is 767 g/mol. The number of carbonyl (C=O) groups excluding carboxylic acids is 1. The van der Waals surface area contributed by atoms with E-state index >= 15 is 0 Å². The number of H-pyrrole nitrogens is 1. The van der Waals surface area contributed by atoms with E-state index in [1.807, 2.05) is 10.3 Å². The molecule has 3 heterocycles. The Kier molecular flexibility index (Phi) is 12.4. The number of aliphatic hydroxyl groups is 3. The lowest BCUT2D eigenvalue weighted by atomic mass is 9.97.